The summed E-state index contributed by atoms with van der Waals surface area (Å²) < 4.78 is 4.61. The van der Waals surface area contributed by atoms with Gasteiger partial charge in [-0.25, -0.2) is 9.78 Å². The lowest BCUT2D eigenvalue weighted by Gasteiger charge is -2.11. The van der Waals surface area contributed by atoms with Crippen molar-refractivity contribution in [2.24, 2.45) is 0 Å². The fraction of sp³-hybridized carbons (Fsp3) is 0.250. The average Bonchev–Trinajstić information content (AvgIpc) is 2.52. The summed E-state index contributed by atoms with van der Waals surface area (Å²) in [6.45, 7) is 5.99. The molecule has 0 unspecified atom stereocenters. The van der Waals surface area contributed by atoms with Gasteiger partial charge in [-0.15, -0.1) is 0 Å². The van der Waals surface area contributed by atoms with E-state index in [0.717, 1.165) is 11.3 Å². The molecule has 5 nitrogen and oxygen atoms in total. The molecule has 2 aromatic rings. The standard InChI is InChI=1S/C14H15N3O2.C2H6/c1-9-5-3-4-6-12(9)17-13-11(15)7-10(8-16-13)14(18)19-2;1-2/h3-8H,15H2,1-2H3,(H,16,17);1-2H3. The number of carbonyl (C=O) groups is 1. The van der Waals surface area contributed by atoms with Crippen LogP contribution in [0.3, 0.4) is 0 Å². The van der Waals surface area contributed by atoms with Gasteiger partial charge in [0.05, 0.1) is 18.4 Å². The molecule has 0 saturated heterocycles. The van der Waals surface area contributed by atoms with Gasteiger partial charge in [0.1, 0.15) is 0 Å². The van der Waals surface area contributed by atoms with Crippen LogP contribution in [0.4, 0.5) is 17.2 Å². The van der Waals surface area contributed by atoms with Gasteiger partial charge >= 0.3 is 5.97 Å². The van der Waals surface area contributed by atoms with Gasteiger partial charge in [0.15, 0.2) is 5.82 Å². The first-order valence-corrected chi connectivity index (χ1v) is 6.78. The molecule has 1 heterocycles. The number of esters is 1. The molecule has 0 aliphatic carbocycles. The lowest BCUT2D eigenvalue weighted by Crippen LogP contribution is -2.06. The molecule has 2 rings (SSSR count). The zero-order valence-electron chi connectivity index (χ0n) is 12.8. The Balaban J connectivity index is 0.00000106. The number of nitrogens with two attached hydrogens (primary N) is 1. The molecule has 1 aromatic heterocycles. The van der Waals surface area contributed by atoms with E-state index in [1.165, 1.54) is 13.3 Å². The number of benzene rings is 1. The molecular formula is C16H21N3O2. The number of aryl methyl sites for hydroxylation is 1. The van der Waals surface area contributed by atoms with Gasteiger partial charge in [-0.1, -0.05) is 32.0 Å². The Hall–Kier alpha value is -2.56. The van der Waals surface area contributed by atoms with E-state index in [2.05, 4.69) is 15.0 Å². The highest BCUT2D eigenvalue weighted by molar-refractivity contribution is 5.91. The van der Waals surface area contributed by atoms with E-state index in [0.29, 0.717) is 17.1 Å². The number of methoxy groups -OCH3 is 1. The first-order valence-electron chi connectivity index (χ1n) is 6.78. The third kappa shape index (κ3) is 4.21. The number of para-hydroxylation sites is 1. The summed E-state index contributed by atoms with van der Waals surface area (Å²) in [4.78, 5) is 15.5. The molecule has 0 spiro atoms. The number of anilines is 3. The Labute approximate surface area is 125 Å². The molecule has 112 valence electrons. The van der Waals surface area contributed by atoms with Gasteiger partial charge in [-0.05, 0) is 24.6 Å². The van der Waals surface area contributed by atoms with Crippen molar-refractivity contribution in [2.75, 3.05) is 18.2 Å². The van der Waals surface area contributed by atoms with Crippen molar-refractivity contribution >= 4 is 23.2 Å². The number of hydrogen-bond donors (Lipinski definition) is 2. The monoisotopic (exact) mass is 287 g/mol. The van der Waals surface area contributed by atoms with E-state index in [1.807, 2.05) is 45.0 Å². The minimum Gasteiger partial charge on any atom is -0.465 e. The van der Waals surface area contributed by atoms with Gasteiger partial charge in [0, 0.05) is 11.9 Å². The molecular weight excluding hydrogens is 266 g/mol. The van der Waals surface area contributed by atoms with Crippen molar-refractivity contribution < 1.29 is 9.53 Å². The topological polar surface area (TPSA) is 77.2 Å². The van der Waals surface area contributed by atoms with Gasteiger partial charge in [0.2, 0.25) is 0 Å². The van der Waals surface area contributed by atoms with E-state index in [4.69, 9.17) is 5.73 Å². The highest BCUT2D eigenvalue weighted by atomic mass is 16.5. The first kappa shape index (κ1) is 16.5. The number of rotatable bonds is 3. The van der Waals surface area contributed by atoms with E-state index in [9.17, 15) is 4.79 Å². The smallest absolute Gasteiger partial charge is 0.339 e. The van der Waals surface area contributed by atoms with Gasteiger partial charge < -0.3 is 15.8 Å². The Morgan fingerprint density at radius 3 is 2.52 bits per heavy atom. The number of pyridine rings is 1. The van der Waals surface area contributed by atoms with Crippen LogP contribution in [-0.4, -0.2) is 18.1 Å². The van der Waals surface area contributed by atoms with E-state index in [1.54, 1.807) is 6.07 Å². The number of nitrogens with zero attached hydrogens (tertiary/aromatic N) is 1. The zero-order valence-corrected chi connectivity index (χ0v) is 12.8. The zero-order chi connectivity index (χ0) is 15.8. The molecule has 21 heavy (non-hydrogen) atoms. The van der Waals surface area contributed by atoms with Crippen LogP contribution in [0.1, 0.15) is 29.8 Å². The molecule has 5 heteroatoms. The van der Waals surface area contributed by atoms with Crippen LogP contribution in [0, 0.1) is 6.92 Å². The van der Waals surface area contributed by atoms with Crippen molar-refractivity contribution in [1.82, 2.24) is 4.98 Å². The maximum absolute atomic E-state index is 11.4. The molecule has 1 aromatic carbocycles. The SMILES string of the molecule is CC.COC(=O)c1cnc(Nc2ccccc2C)c(N)c1. The number of nitrogens with one attached hydrogen (secondary N) is 1. The largest absolute Gasteiger partial charge is 0.465 e. The van der Waals surface area contributed by atoms with Crippen molar-refractivity contribution in [1.29, 1.82) is 0 Å². The average molecular weight is 287 g/mol. The van der Waals surface area contributed by atoms with Crippen LogP contribution in [0.2, 0.25) is 0 Å². The predicted molar refractivity (Wildman–Crippen MR) is 85.8 cm³/mol. The van der Waals surface area contributed by atoms with Gasteiger partial charge in [-0.2, -0.15) is 0 Å². The van der Waals surface area contributed by atoms with E-state index < -0.39 is 5.97 Å². The summed E-state index contributed by atoms with van der Waals surface area (Å²) in [6.07, 6.45) is 1.43. The maximum Gasteiger partial charge on any atom is 0.339 e. The quantitative estimate of drug-likeness (QED) is 0.844. The maximum atomic E-state index is 11.4. The summed E-state index contributed by atoms with van der Waals surface area (Å²) >= 11 is 0. The summed E-state index contributed by atoms with van der Waals surface area (Å²) in [6, 6.07) is 9.34. The minimum absolute atomic E-state index is 0.329. The molecule has 0 amide bonds. The highest BCUT2D eigenvalue weighted by Gasteiger charge is 2.10. The number of nitrogen functional groups attached to an aromatic ring is 1. The normalized spacial score (nSPS) is 9.33. The number of carbonyl (C=O) groups excluding carboxylic acids is 1. The second-order valence-electron chi connectivity index (χ2n) is 4.09. The van der Waals surface area contributed by atoms with Crippen molar-refractivity contribution in [3.05, 3.63) is 47.7 Å². The molecule has 0 aliphatic heterocycles. The van der Waals surface area contributed by atoms with Crippen molar-refractivity contribution in [2.45, 2.75) is 20.8 Å². The Kier molecular flexibility index (Phi) is 6.20. The summed E-state index contributed by atoms with van der Waals surface area (Å²) in [5.74, 6) is 0.0589. The third-order valence-electron chi connectivity index (χ3n) is 2.74. The van der Waals surface area contributed by atoms with Crippen LogP contribution in [0.5, 0.6) is 0 Å². The lowest BCUT2D eigenvalue weighted by atomic mass is 10.2. The second-order valence-corrected chi connectivity index (χ2v) is 4.09. The van der Waals surface area contributed by atoms with Crippen LogP contribution >= 0.6 is 0 Å². The number of aromatic nitrogens is 1. The molecule has 0 saturated carbocycles. The van der Waals surface area contributed by atoms with Crippen molar-refractivity contribution in [3.63, 3.8) is 0 Å². The van der Waals surface area contributed by atoms with E-state index in [-0.39, 0.29) is 0 Å². The van der Waals surface area contributed by atoms with E-state index >= 15 is 0 Å². The van der Waals surface area contributed by atoms with Crippen molar-refractivity contribution in [3.8, 4) is 0 Å². The summed E-state index contributed by atoms with van der Waals surface area (Å²) in [7, 11) is 1.32. The number of ether oxygens (including phenoxy) is 1. The highest BCUT2D eigenvalue weighted by Crippen LogP contribution is 2.23. The fourth-order valence-electron chi connectivity index (χ4n) is 1.66. The Morgan fingerprint density at radius 2 is 1.95 bits per heavy atom. The number of hydrogen-bond acceptors (Lipinski definition) is 5. The molecule has 0 aliphatic rings. The predicted octanol–water partition coefficient (Wildman–Crippen LogP) is 3.53. The molecule has 0 atom stereocenters. The Morgan fingerprint density at radius 1 is 1.29 bits per heavy atom. The lowest BCUT2D eigenvalue weighted by molar-refractivity contribution is 0.0600. The van der Waals surface area contributed by atoms with Crippen LogP contribution in [-0.2, 0) is 4.74 Å². The van der Waals surface area contributed by atoms with Gasteiger partial charge in [-0.3, -0.25) is 0 Å². The summed E-state index contributed by atoms with van der Waals surface area (Å²) in [5.41, 5.74) is 8.61. The van der Waals surface area contributed by atoms with Crippen LogP contribution in [0.15, 0.2) is 36.5 Å². The van der Waals surface area contributed by atoms with Gasteiger partial charge in [0.25, 0.3) is 0 Å². The van der Waals surface area contributed by atoms with Crippen LogP contribution in [0.25, 0.3) is 0 Å². The summed E-state index contributed by atoms with van der Waals surface area (Å²) in [5, 5.41) is 3.14. The third-order valence-corrected chi connectivity index (χ3v) is 2.74. The molecule has 3 N–H and O–H groups in total. The minimum atomic E-state index is -0.457. The molecule has 0 radical (unpaired) electrons. The second kappa shape index (κ2) is 7.89. The molecule has 0 bridgehead atoms. The fourth-order valence-corrected chi connectivity index (χ4v) is 1.66. The molecule has 0 fully saturated rings. The van der Waals surface area contributed by atoms with Crippen LogP contribution < -0.4 is 11.1 Å². The first-order chi connectivity index (χ1) is 10.1. The Bertz CT molecular complexity index is 612.